The highest BCUT2D eigenvalue weighted by Gasteiger charge is 2.15. The molecule has 144 valence electrons. The molecule has 0 saturated heterocycles. The Kier molecular flexibility index (Phi) is 6.37. The fraction of sp³-hybridized carbons (Fsp3) is 0.136. The van der Waals surface area contributed by atoms with Gasteiger partial charge in [-0.15, -0.1) is 0 Å². The van der Waals surface area contributed by atoms with Crippen molar-refractivity contribution >= 4 is 34.8 Å². The van der Waals surface area contributed by atoms with Crippen molar-refractivity contribution in [1.29, 1.82) is 0 Å². The second-order valence-corrected chi connectivity index (χ2v) is 7.28. The quantitative estimate of drug-likeness (QED) is 0.505. The number of carbonyl (C=O) groups is 1. The highest BCUT2D eigenvalue weighted by atomic mass is 35.5. The van der Waals surface area contributed by atoms with Crippen LogP contribution >= 0.6 is 23.2 Å². The summed E-state index contributed by atoms with van der Waals surface area (Å²) in [6, 6.07) is 18.0. The predicted octanol–water partition coefficient (Wildman–Crippen LogP) is 5.13. The Labute approximate surface area is 173 Å². The molecule has 0 radical (unpaired) electrons. The number of aryl methyl sites for hydroxylation is 1. The number of amides is 1. The number of benzene rings is 3. The molecule has 0 aliphatic carbocycles. The second-order valence-electron chi connectivity index (χ2n) is 6.46. The largest absolute Gasteiger partial charge is 0.364 e. The number of aliphatic hydroxyl groups excluding tert-OH is 1. The molecule has 0 aliphatic heterocycles. The van der Waals surface area contributed by atoms with Crippen molar-refractivity contribution in [2.75, 3.05) is 5.32 Å². The fourth-order valence-electron chi connectivity index (χ4n) is 2.98. The molecule has 0 atom stereocenters. The summed E-state index contributed by atoms with van der Waals surface area (Å²) in [5, 5.41) is 23.1. The summed E-state index contributed by atoms with van der Waals surface area (Å²) >= 11 is 11.9. The first-order valence-electron chi connectivity index (χ1n) is 8.65. The summed E-state index contributed by atoms with van der Waals surface area (Å²) in [5.41, 5.74) is 4.16. The van der Waals surface area contributed by atoms with E-state index in [1.807, 2.05) is 37.3 Å². The van der Waals surface area contributed by atoms with Crippen LogP contribution in [-0.4, -0.2) is 16.1 Å². The van der Waals surface area contributed by atoms with Crippen molar-refractivity contribution in [1.82, 2.24) is 0 Å². The van der Waals surface area contributed by atoms with Gasteiger partial charge in [-0.3, -0.25) is 4.79 Å². The van der Waals surface area contributed by atoms with Crippen LogP contribution in [-0.2, 0) is 11.2 Å². The maximum absolute atomic E-state index is 12.4. The average Bonchev–Trinajstić information content (AvgIpc) is 2.65. The maximum Gasteiger partial charge on any atom is 0.228 e. The molecule has 0 saturated carbocycles. The normalized spacial score (nSPS) is 10.9. The molecular weight excluding hydrogens is 397 g/mol. The molecule has 3 aromatic carbocycles. The summed E-state index contributed by atoms with van der Waals surface area (Å²) in [7, 11) is 0. The van der Waals surface area contributed by atoms with E-state index in [4.69, 9.17) is 23.2 Å². The predicted molar refractivity (Wildman–Crippen MR) is 113 cm³/mol. The van der Waals surface area contributed by atoms with E-state index >= 15 is 0 Å². The molecule has 28 heavy (non-hydrogen) atoms. The summed E-state index contributed by atoms with van der Waals surface area (Å²) < 4.78 is 0. The molecule has 3 N–H and O–H groups in total. The van der Waals surface area contributed by atoms with Crippen molar-refractivity contribution in [3.63, 3.8) is 0 Å². The number of aliphatic hydroxyl groups is 2. The van der Waals surface area contributed by atoms with E-state index in [9.17, 15) is 15.0 Å². The van der Waals surface area contributed by atoms with Crippen LogP contribution in [0.15, 0.2) is 60.7 Å². The van der Waals surface area contributed by atoms with E-state index < -0.39 is 6.29 Å². The number of rotatable bonds is 5. The molecule has 0 unspecified atom stereocenters. The molecule has 3 aromatic rings. The van der Waals surface area contributed by atoms with Gasteiger partial charge in [0.1, 0.15) is 0 Å². The molecule has 6 heteroatoms. The van der Waals surface area contributed by atoms with Crippen molar-refractivity contribution in [3.8, 4) is 11.1 Å². The Hall–Kier alpha value is -2.37. The smallest absolute Gasteiger partial charge is 0.228 e. The molecule has 3 rings (SSSR count). The Bertz CT molecular complexity index is 1020. The van der Waals surface area contributed by atoms with Crippen LogP contribution in [0.3, 0.4) is 0 Å². The second kappa shape index (κ2) is 8.76. The fourth-order valence-corrected chi connectivity index (χ4v) is 3.30. The number of carbonyl (C=O) groups excluding carboxylic acids is 1. The minimum atomic E-state index is -1.72. The van der Waals surface area contributed by atoms with Gasteiger partial charge in [0.05, 0.1) is 16.5 Å². The van der Waals surface area contributed by atoms with Gasteiger partial charge < -0.3 is 15.5 Å². The molecule has 0 aliphatic rings. The minimum absolute atomic E-state index is 0.0808. The summed E-state index contributed by atoms with van der Waals surface area (Å²) in [6.07, 6.45) is -1.64. The van der Waals surface area contributed by atoms with Crippen LogP contribution in [0.2, 0.25) is 10.0 Å². The lowest BCUT2D eigenvalue weighted by Gasteiger charge is -2.15. The number of hydrogen-bond acceptors (Lipinski definition) is 3. The van der Waals surface area contributed by atoms with Crippen LogP contribution in [0, 0.1) is 6.92 Å². The third-order valence-electron chi connectivity index (χ3n) is 4.41. The number of anilines is 1. The van der Waals surface area contributed by atoms with E-state index in [0.717, 1.165) is 16.7 Å². The Morgan fingerprint density at radius 2 is 1.75 bits per heavy atom. The van der Waals surface area contributed by atoms with Crippen molar-refractivity contribution in [2.45, 2.75) is 19.6 Å². The zero-order chi connectivity index (χ0) is 20.3. The van der Waals surface area contributed by atoms with Gasteiger partial charge in [0, 0.05) is 11.3 Å². The zero-order valence-corrected chi connectivity index (χ0v) is 16.6. The lowest BCUT2D eigenvalue weighted by molar-refractivity contribution is -0.115. The van der Waals surface area contributed by atoms with Crippen molar-refractivity contribution in [2.24, 2.45) is 0 Å². The Morgan fingerprint density at radius 3 is 2.43 bits per heavy atom. The molecular formula is C22H19Cl2NO3. The van der Waals surface area contributed by atoms with Gasteiger partial charge in [0.25, 0.3) is 0 Å². The monoisotopic (exact) mass is 415 g/mol. The van der Waals surface area contributed by atoms with Gasteiger partial charge in [-0.1, -0.05) is 59.6 Å². The van der Waals surface area contributed by atoms with Crippen LogP contribution in [0.5, 0.6) is 0 Å². The third kappa shape index (κ3) is 4.72. The molecule has 1 amide bonds. The van der Waals surface area contributed by atoms with Gasteiger partial charge in [-0.05, 0) is 53.4 Å². The lowest BCUT2D eigenvalue weighted by Crippen LogP contribution is -2.16. The number of halogens is 2. The van der Waals surface area contributed by atoms with Crippen LogP contribution in [0.25, 0.3) is 11.1 Å². The van der Waals surface area contributed by atoms with Crippen molar-refractivity contribution in [3.05, 3.63) is 87.4 Å². The minimum Gasteiger partial charge on any atom is -0.364 e. The Balaban J connectivity index is 1.84. The van der Waals surface area contributed by atoms with Crippen LogP contribution < -0.4 is 5.32 Å². The zero-order valence-electron chi connectivity index (χ0n) is 15.1. The molecule has 0 bridgehead atoms. The number of hydrogen-bond donors (Lipinski definition) is 3. The van der Waals surface area contributed by atoms with Gasteiger partial charge >= 0.3 is 0 Å². The van der Waals surface area contributed by atoms with Gasteiger partial charge in [0.15, 0.2) is 6.29 Å². The first-order chi connectivity index (χ1) is 13.3. The van der Waals surface area contributed by atoms with Crippen LogP contribution in [0.1, 0.15) is 23.0 Å². The van der Waals surface area contributed by atoms with Crippen molar-refractivity contribution < 1.29 is 15.0 Å². The molecule has 0 heterocycles. The maximum atomic E-state index is 12.4. The molecule has 4 nitrogen and oxygen atoms in total. The van der Waals surface area contributed by atoms with E-state index in [0.29, 0.717) is 21.3 Å². The molecule has 0 aromatic heterocycles. The summed E-state index contributed by atoms with van der Waals surface area (Å²) in [6.45, 7) is 1.98. The van der Waals surface area contributed by atoms with Crippen LogP contribution in [0.4, 0.5) is 5.69 Å². The first kappa shape index (κ1) is 20.4. The first-order valence-corrected chi connectivity index (χ1v) is 9.40. The standard InChI is InChI=1S/C22H19Cl2NO3/c1-13-4-2-3-5-16(13)15-7-9-20(17(12-15)22(27)28)25-21(26)11-14-6-8-18(23)19(24)10-14/h2-10,12,22,27-28H,11H2,1H3,(H,25,26). The number of nitrogens with one attached hydrogen (secondary N) is 1. The van der Waals surface area contributed by atoms with Gasteiger partial charge in [0.2, 0.25) is 5.91 Å². The topological polar surface area (TPSA) is 69.6 Å². The van der Waals surface area contributed by atoms with E-state index in [1.54, 1.807) is 30.3 Å². The van der Waals surface area contributed by atoms with Gasteiger partial charge in [-0.2, -0.15) is 0 Å². The van der Waals surface area contributed by atoms with Gasteiger partial charge in [-0.25, -0.2) is 0 Å². The lowest BCUT2D eigenvalue weighted by atomic mass is 9.98. The summed E-state index contributed by atoms with van der Waals surface area (Å²) in [4.78, 5) is 12.4. The Morgan fingerprint density at radius 1 is 1.00 bits per heavy atom. The average molecular weight is 416 g/mol. The SMILES string of the molecule is Cc1ccccc1-c1ccc(NC(=O)Cc2ccc(Cl)c(Cl)c2)c(C(O)O)c1. The molecule has 0 spiro atoms. The highest BCUT2D eigenvalue weighted by molar-refractivity contribution is 6.42. The summed E-state index contributed by atoms with van der Waals surface area (Å²) in [5.74, 6) is -0.302. The molecule has 0 fully saturated rings. The van der Waals surface area contributed by atoms with E-state index in [2.05, 4.69) is 5.32 Å². The highest BCUT2D eigenvalue weighted by Crippen LogP contribution is 2.30. The van der Waals surface area contributed by atoms with E-state index in [-0.39, 0.29) is 17.9 Å². The van der Waals surface area contributed by atoms with E-state index in [1.165, 1.54) is 0 Å². The third-order valence-corrected chi connectivity index (χ3v) is 5.15.